The van der Waals surface area contributed by atoms with Crippen molar-refractivity contribution in [1.29, 1.82) is 0 Å². The van der Waals surface area contributed by atoms with Crippen LogP contribution in [0.4, 0.5) is 13.2 Å². The lowest BCUT2D eigenvalue weighted by atomic mass is 9.80. The van der Waals surface area contributed by atoms with Gasteiger partial charge in [-0.2, -0.15) is 13.2 Å². The van der Waals surface area contributed by atoms with Crippen LogP contribution in [0.3, 0.4) is 0 Å². The highest BCUT2D eigenvalue weighted by molar-refractivity contribution is 9.10. The SMILES string of the molecule is FC(F)(F)COCCCC(CCl)(CCl)c1ccc(Br)cc1. The van der Waals surface area contributed by atoms with E-state index in [1.807, 2.05) is 24.3 Å². The zero-order valence-corrected chi connectivity index (χ0v) is 14.3. The fourth-order valence-electron chi connectivity index (χ4n) is 1.97. The van der Waals surface area contributed by atoms with Gasteiger partial charge in [-0.25, -0.2) is 0 Å². The molecule has 7 heteroatoms. The first-order valence-electron chi connectivity index (χ1n) is 6.35. The summed E-state index contributed by atoms with van der Waals surface area (Å²) >= 11 is 15.5. The lowest BCUT2D eigenvalue weighted by Gasteiger charge is -2.30. The fourth-order valence-corrected chi connectivity index (χ4v) is 3.10. The quantitative estimate of drug-likeness (QED) is 0.407. The summed E-state index contributed by atoms with van der Waals surface area (Å²) in [6, 6.07) is 7.63. The molecule has 0 heterocycles. The Bertz CT molecular complexity index is 419. The summed E-state index contributed by atoms with van der Waals surface area (Å²) < 4.78 is 41.5. The largest absolute Gasteiger partial charge is 0.411 e. The maximum absolute atomic E-state index is 12.0. The molecule has 0 saturated carbocycles. The second kappa shape index (κ2) is 8.61. The smallest absolute Gasteiger partial charge is 0.372 e. The molecule has 0 radical (unpaired) electrons. The summed E-state index contributed by atoms with van der Waals surface area (Å²) in [6.45, 7) is -1.19. The minimum Gasteiger partial charge on any atom is -0.372 e. The molecule has 0 fully saturated rings. The average Bonchev–Trinajstić information content (AvgIpc) is 2.43. The molecular weight excluding hydrogens is 392 g/mol. The Kier molecular flexibility index (Phi) is 7.82. The van der Waals surface area contributed by atoms with Gasteiger partial charge >= 0.3 is 6.18 Å². The molecule has 0 bridgehead atoms. The van der Waals surface area contributed by atoms with Crippen LogP contribution in [0.15, 0.2) is 28.7 Å². The average molecular weight is 408 g/mol. The molecule has 0 atom stereocenters. The molecule has 1 aromatic rings. The molecular formula is C14H16BrCl2F3O. The van der Waals surface area contributed by atoms with Crippen molar-refractivity contribution in [3.63, 3.8) is 0 Å². The second-order valence-electron chi connectivity index (χ2n) is 4.83. The Morgan fingerprint density at radius 1 is 1.05 bits per heavy atom. The normalized spacial score (nSPS) is 12.7. The van der Waals surface area contributed by atoms with Crippen molar-refractivity contribution < 1.29 is 17.9 Å². The van der Waals surface area contributed by atoms with Gasteiger partial charge in [-0.3, -0.25) is 0 Å². The third-order valence-electron chi connectivity index (χ3n) is 3.18. The number of hydrogen-bond donors (Lipinski definition) is 0. The van der Waals surface area contributed by atoms with E-state index in [0.717, 1.165) is 10.0 Å². The van der Waals surface area contributed by atoms with Gasteiger partial charge in [-0.15, -0.1) is 23.2 Å². The highest BCUT2D eigenvalue weighted by Gasteiger charge is 2.31. The summed E-state index contributed by atoms with van der Waals surface area (Å²) in [5, 5.41) is 0. The van der Waals surface area contributed by atoms with E-state index >= 15 is 0 Å². The van der Waals surface area contributed by atoms with E-state index < -0.39 is 18.2 Å². The van der Waals surface area contributed by atoms with Gasteiger partial charge in [0.15, 0.2) is 0 Å². The Morgan fingerprint density at radius 2 is 1.62 bits per heavy atom. The van der Waals surface area contributed by atoms with Gasteiger partial charge in [0.1, 0.15) is 6.61 Å². The maximum Gasteiger partial charge on any atom is 0.411 e. The van der Waals surface area contributed by atoms with Gasteiger partial charge in [-0.05, 0) is 30.5 Å². The van der Waals surface area contributed by atoms with E-state index in [1.54, 1.807) is 0 Å². The molecule has 0 aliphatic carbocycles. The zero-order chi connectivity index (χ0) is 15.9. The summed E-state index contributed by atoms with van der Waals surface area (Å²) in [4.78, 5) is 0. The molecule has 0 spiro atoms. The van der Waals surface area contributed by atoms with Crippen molar-refractivity contribution >= 4 is 39.1 Å². The first kappa shape index (κ1) is 19.1. The molecule has 1 aromatic carbocycles. The first-order chi connectivity index (χ1) is 9.83. The van der Waals surface area contributed by atoms with Gasteiger partial charge in [0.25, 0.3) is 0 Å². The number of hydrogen-bond acceptors (Lipinski definition) is 1. The number of alkyl halides is 5. The van der Waals surface area contributed by atoms with Crippen LogP contribution >= 0.6 is 39.1 Å². The van der Waals surface area contributed by atoms with Gasteiger partial charge in [0.2, 0.25) is 0 Å². The Morgan fingerprint density at radius 3 is 2.10 bits per heavy atom. The number of halogens is 6. The Labute approximate surface area is 140 Å². The second-order valence-corrected chi connectivity index (χ2v) is 6.28. The molecule has 120 valence electrons. The van der Waals surface area contributed by atoms with E-state index in [1.165, 1.54) is 0 Å². The maximum atomic E-state index is 12.0. The van der Waals surface area contributed by atoms with Crippen LogP contribution in [0.5, 0.6) is 0 Å². The standard InChI is InChI=1S/C14H16BrCl2F3O/c15-12-4-2-11(3-5-12)13(8-16,9-17)6-1-7-21-10-14(18,19)20/h2-5H,1,6-10H2. The number of benzene rings is 1. The van der Waals surface area contributed by atoms with Crippen molar-refractivity contribution in [2.24, 2.45) is 0 Å². The van der Waals surface area contributed by atoms with Crippen LogP contribution in [-0.2, 0) is 10.2 Å². The van der Waals surface area contributed by atoms with Crippen molar-refractivity contribution in [3.8, 4) is 0 Å². The van der Waals surface area contributed by atoms with Crippen LogP contribution in [0, 0.1) is 0 Å². The molecule has 21 heavy (non-hydrogen) atoms. The van der Waals surface area contributed by atoms with Crippen LogP contribution in [0.1, 0.15) is 18.4 Å². The third kappa shape index (κ3) is 6.35. The van der Waals surface area contributed by atoms with Crippen LogP contribution in [-0.4, -0.2) is 31.2 Å². The summed E-state index contributed by atoms with van der Waals surface area (Å²) in [5.41, 5.74) is 0.525. The minimum atomic E-state index is -4.29. The highest BCUT2D eigenvalue weighted by atomic mass is 79.9. The van der Waals surface area contributed by atoms with Gasteiger partial charge in [-0.1, -0.05) is 28.1 Å². The molecule has 0 saturated heterocycles. The molecule has 0 aliphatic heterocycles. The number of rotatable bonds is 8. The van der Waals surface area contributed by atoms with Gasteiger partial charge in [0, 0.05) is 28.3 Å². The topological polar surface area (TPSA) is 9.23 Å². The van der Waals surface area contributed by atoms with Crippen molar-refractivity contribution in [3.05, 3.63) is 34.3 Å². The van der Waals surface area contributed by atoms with E-state index in [2.05, 4.69) is 20.7 Å². The fraction of sp³-hybridized carbons (Fsp3) is 0.571. The lowest BCUT2D eigenvalue weighted by molar-refractivity contribution is -0.174. The summed E-state index contributed by atoms with van der Waals surface area (Å²) in [6.07, 6.45) is -3.26. The molecule has 1 nitrogen and oxygen atoms in total. The van der Waals surface area contributed by atoms with Gasteiger partial charge < -0.3 is 4.74 Å². The highest BCUT2D eigenvalue weighted by Crippen LogP contribution is 2.33. The predicted molar refractivity (Wildman–Crippen MR) is 83.4 cm³/mol. The van der Waals surface area contributed by atoms with E-state index in [0.29, 0.717) is 24.6 Å². The third-order valence-corrected chi connectivity index (χ3v) is 4.73. The molecule has 1 rings (SSSR count). The predicted octanol–water partition coefficient (Wildman–Crippen LogP) is 5.52. The molecule has 0 aliphatic rings. The van der Waals surface area contributed by atoms with Crippen molar-refractivity contribution in [2.75, 3.05) is 25.0 Å². The lowest BCUT2D eigenvalue weighted by Crippen LogP contribution is -2.31. The Balaban J connectivity index is 2.59. The van der Waals surface area contributed by atoms with Crippen LogP contribution < -0.4 is 0 Å². The minimum absolute atomic E-state index is 0.0333. The van der Waals surface area contributed by atoms with Crippen molar-refractivity contribution in [2.45, 2.75) is 24.4 Å². The summed E-state index contributed by atoms with van der Waals surface area (Å²) in [7, 11) is 0. The molecule has 0 amide bonds. The van der Waals surface area contributed by atoms with Gasteiger partial charge in [0.05, 0.1) is 0 Å². The van der Waals surface area contributed by atoms with Crippen LogP contribution in [0.25, 0.3) is 0 Å². The molecule has 0 aromatic heterocycles. The van der Waals surface area contributed by atoms with E-state index in [4.69, 9.17) is 23.2 Å². The van der Waals surface area contributed by atoms with Crippen LogP contribution in [0.2, 0.25) is 0 Å². The number of ether oxygens (including phenoxy) is 1. The van der Waals surface area contributed by atoms with Crippen molar-refractivity contribution in [1.82, 2.24) is 0 Å². The van der Waals surface area contributed by atoms with E-state index in [9.17, 15) is 13.2 Å². The zero-order valence-electron chi connectivity index (χ0n) is 11.2. The Hall–Kier alpha value is 0.0300. The molecule has 0 unspecified atom stereocenters. The summed E-state index contributed by atoms with van der Waals surface area (Å²) in [5.74, 6) is 0.606. The van der Waals surface area contributed by atoms with E-state index in [-0.39, 0.29) is 6.61 Å². The monoisotopic (exact) mass is 406 g/mol. The molecule has 0 N–H and O–H groups in total. The first-order valence-corrected chi connectivity index (χ1v) is 8.22.